The number of aromatic nitrogens is 3. The molecule has 3 heteroatoms. The largest absolute Gasteiger partial charge is 0.330 e. The highest BCUT2D eigenvalue weighted by Crippen LogP contribution is 2.15. The minimum Gasteiger partial charge on any atom is -0.330 e. The lowest BCUT2D eigenvalue weighted by Crippen LogP contribution is -2.02. The second-order valence-corrected chi connectivity index (χ2v) is 4.05. The Morgan fingerprint density at radius 2 is 2.21 bits per heavy atom. The van der Waals surface area contributed by atoms with E-state index in [1.165, 1.54) is 0 Å². The van der Waals surface area contributed by atoms with Gasteiger partial charge in [0.2, 0.25) is 0 Å². The highest BCUT2D eigenvalue weighted by Gasteiger charge is 2.08. The quantitative estimate of drug-likeness (QED) is 0.724. The predicted molar refractivity (Wildman–Crippen MR) is 57.1 cm³/mol. The van der Waals surface area contributed by atoms with Crippen LogP contribution < -0.4 is 0 Å². The number of hydrogen-bond acceptors (Lipinski definition) is 2. The van der Waals surface area contributed by atoms with E-state index in [9.17, 15) is 0 Å². The Hall–Kier alpha value is -1.38. The first-order valence-electron chi connectivity index (χ1n) is 4.94. The van der Waals surface area contributed by atoms with Gasteiger partial charge in [0.25, 0.3) is 0 Å². The third-order valence-corrected chi connectivity index (χ3v) is 2.37. The molecule has 0 saturated heterocycles. The van der Waals surface area contributed by atoms with Crippen molar-refractivity contribution in [3.05, 3.63) is 24.3 Å². The van der Waals surface area contributed by atoms with Crippen molar-refractivity contribution in [1.82, 2.24) is 14.5 Å². The van der Waals surface area contributed by atoms with Gasteiger partial charge in [-0.15, -0.1) is 0 Å². The molecule has 0 bridgehead atoms. The maximum Gasteiger partial charge on any atom is 0.109 e. The van der Waals surface area contributed by atoms with Crippen LogP contribution >= 0.6 is 0 Å². The number of fused-ring (bicyclic) bond motifs is 1. The van der Waals surface area contributed by atoms with Crippen molar-refractivity contribution < 1.29 is 0 Å². The molecule has 0 N–H and O–H groups in total. The zero-order valence-corrected chi connectivity index (χ0v) is 8.86. The van der Waals surface area contributed by atoms with E-state index >= 15 is 0 Å². The molecule has 0 spiro atoms. The fraction of sp³-hybridized carbons (Fsp3) is 0.455. The van der Waals surface area contributed by atoms with E-state index in [-0.39, 0.29) is 0 Å². The van der Waals surface area contributed by atoms with Crippen LogP contribution in [0, 0.1) is 5.92 Å². The average molecular weight is 189 g/mol. The lowest BCUT2D eigenvalue weighted by molar-refractivity contribution is 0.606. The summed E-state index contributed by atoms with van der Waals surface area (Å²) in [5.41, 5.74) is 2.15. The summed E-state index contributed by atoms with van der Waals surface area (Å²) in [6.07, 6.45) is 4.67. The minimum absolute atomic E-state index is 0.637. The van der Waals surface area contributed by atoms with Gasteiger partial charge in [0, 0.05) is 19.7 Å². The van der Waals surface area contributed by atoms with Crippen molar-refractivity contribution in [1.29, 1.82) is 0 Å². The fourth-order valence-corrected chi connectivity index (χ4v) is 1.63. The van der Waals surface area contributed by atoms with Crippen LogP contribution in [-0.2, 0) is 13.5 Å². The molecule has 0 aliphatic rings. The van der Waals surface area contributed by atoms with E-state index in [4.69, 9.17) is 0 Å². The molecule has 0 amide bonds. The lowest BCUT2D eigenvalue weighted by atomic mass is 10.1. The fourth-order valence-electron chi connectivity index (χ4n) is 1.63. The minimum atomic E-state index is 0.637. The van der Waals surface area contributed by atoms with Crippen LogP contribution in [0.3, 0.4) is 0 Å². The topological polar surface area (TPSA) is 30.7 Å². The molecule has 0 atom stereocenters. The SMILES string of the molecule is CC(C)Cc1nc2ccncc2n1C. The first kappa shape index (κ1) is 9.19. The summed E-state index contributed by atoms with van der Waals surface area (Å²) in [6.45, 7) is 4.41. The molecular formula is C11H15N3. The van der Waals surface area contributed by atoms with E-state index in [1.54, 1.807) is 6.20 Å². The van der Waals surface area contributed by atoms with Crippen molar-refractivity contribution in [2.45, 2.75) is 20.3 Å². The third-order valence-electron chi connectivity index (χ3n) is 2.37. The molecule has 14 heavy (non-hydrogen) atoms. The van der Waals surface area contributed by atoms with Crippen LogP contribution in [0.4, 0.5) is 0 Å². The molecule has 0 radical (unpaired) electrons. The third kappa shape index (κ3) is 1.50. The molecule has 0 aromatic carbocycles. The van der Waals surface area contributed by atoms with E-state index < -0.39 is 0 Å². The van der Waals surface area contributed by atoms with Gasteiger partial charge in [0.1, 0.15) is 5.82 Å². The normalized spacial score (nSPS) is 11.4. The van der Waals surface area contributed by atoms with Crippen LogP contribution in [0.25, 0.3) is 11.0 Å². The van der Waals surface area contributed by atoms with Crippen LogP contribution in [-0.4, -0.2) is 14.5 Å². The predicted octanol–water partition coefficient (Wildman–Crippen LogP) is 2.17. The van der Waals surface area contributed by atoms with Gasteiger partial charge in [-0.3, -0.25) is 4.98 Å². The standard InChI is InChI=1S/C11H15N3/c1-8(2)6-11-13-9-4-5-12-7-10(9)14(11)3/h4-5,7-8H,6H2,1-3H3. The molecule has 74 valence electrons. The van der Waals surface area contributed by atoms with Gasteiger partial charge in [-0.05, 0) is 12.0 Å². The van der Waals surface area contributed by atoms with Gasteiger partial charge in [0.15, 0.2) is 0 Å². The number of hydrogen-bond donors (Lipinski definition) is 0. The Morgan fingerprint density at radius 1 is 1.43 bits per heavy atom. The Morgan fingerprint density at radius 3 is 2.86 bits per heavy atom. The van der Waals surface area contributed by atoms with E-state index in [1.807, 2.05) is 12.3 Å². The van der Waals surface area contributed by atoms with Gasteiger partial charge < -0.3 is 4.57 Å². The molecule has 0 aliphatic carbocycles. The first-order valence-corrected chi connectivity index (χ1v) is 4.94. The molecule has 0 aliphatic heterocycles. The summed E-state index contributed by atoms with van der Waals surface area (Å²) in [4.78, 5) is 8.68. The highest BCUT2D eigenvalue weighted by molar-refractivity contribution is 5.74. The highest BCUT2D eigenvalue weighted by atomic mass is 15.1. The molecule has 0 fully saturated rings. The zero-order valence-electron chi connectivity index (χ0n) is 8.86. The molecule has 2 heterocycles. The monoisotopic (exact) mass is 189 g/mol. The van der Waals surface area contributed by atoms with Gasteiger partial charge in [0.05, 0.1) is 17.2 Å². The summed E-state index contributed by atoms with van der Waals surface area (Å²) < 4.78 is 2.13. The number of imidazole rings is 1. The van der Waals surface area contributed by atoms with E-state index in [0.29, 0.717) is 5.92 Å². The second-order valence-electron chi connectivity index (χ2n) is 4.05. The van der Waals surface area contributed by atoms with Crippen LogP contribution in [0.2, 0.25) is 0 Å². The van der Waals surface area contributed by atoms with Gasteiger partial charge in [-0.1, -0.05) is 13.8 Å². The summed E-state index contributed by atoms with van der Waals surface area (Å²) in [6, 6.07) is 1.96. The smallest absolute Gasteiger partial charge is 0.109 e. The molecule has 2 aromatic heterocycles. The molecule has 2 aromatic rings. The second kappa shape index (κ2) is 3.40. The van der Waals surface area contributed by atoms with Crippen LogP contribution in [0.5, 0.6) is 0 Å². The molecular weight excluding hydrogens is 174 g/mol. The van der Waals surface area contributed by atoms with Crippen molar-refractivity contribution in [2.75, 3.05) is 0 Å². The average Bonchev–Trinajstić information content (AvgIpc) is 2.44. The lowest BCUT2D eigenvalue weighted by Gasteiger charge is -2.04. The van der Waals surface area contributed by atoms with Gasteiger partial charge in [-0.25, -0.2) is 4.98 Å². The summed E-state index contributed by atoms with van der Waals surface area (Å²) >= 11 is 0. The summed E-state index contributed by atoms with van der Waals surface area (Å²) in [7, 11) is 2.05. The van der Waals surface area contributed by atoms with Crippen molar-refractivity contribution in [3.63, 3.8) is 0 Å². The maximum atomic E-state index is 4.58. The Balaban J connectivity index is 2.51. The maximum absolute atomic E-state index is 4.58. The van der Waals surface area contributed by atoms with E-state index in [2.05, 4.69) is 35.4 Å². The molecule has 0 unspecified atom stereocenters. The molecule has 2 rings (SSSR count). The zero-order chi connectivity index (χ0) is 10.1. The number of pyridine rings is 1. The Bertz CT molecular complexity index is 443. The summed E-state index contributed by atoms with van der Waals surface area (Å²) in [5.74, 6) is 1.78. The Labute approximate surface area is 83.8 Å². The van der Waals surface area contributed by atoms with Crippen LogP contribution in [0.15, 0.2) is 18.5 Å². The van der Waals surface area contributed by atoms with Crippen molar-refractivity contribution >= 4 is 11.0 Å². The van der Waals surface area contributed by atoms with Gasteiger partial charge in [-0.2, -0.15) is 0 Å². The van der Waals surface area contributed by atoms with Crippen LogP contribution in [0.1, 0.15) is 19.7 Å². The number of rotatable bonds is 2. The number of aryl methyl sites for hydroxylation is 1. The van der Waals surface area contributed by atoms with Crippen molar-refractivity contribution in [3.8, 4) is 0 Å². The van der Waals surface area contributed by atoms with Gasteiger partial charge >= 0.3 is 0 Å². The Kier molecular flexibility index (Phi) is 2.23. The molecule has 0 saturated carbocycles. The number of nitrogens with zero attached hydrogens (tertiary/aromatic N) is 3. The van der Waals surface area contributed by atoms with Crippen molar-refractivity contribution in [2.24, 2.45) is 13.0 Å². The molecule has 3 nitrogen and oxygen atoms in total. The van der Waals surface area contributed by atoms with E-state index in [0.717, 1.165) is 23.3 Å². The summed E-state index contributed by atoms with van der Waals surface area (Å²) in [5, 5.41) is 0. The first-order chi connectivity index (χ1) is 6.68.